The number of anilines is 1. The summed E-state index contributed by atoms with van der Waals surface area (Å²) in [6.45, 7) is 2.33. The van der Waals surface area contributed by atoms with Gasteiger partial charge in [0.1, 0.15) is 0 Å². The third kappa shape index (κ3) is 3.36. The van der Waals surface area contributed by atoms with E-state index in [1.54, 1.807) is 18.3 Å². The molecule has 1 unspecified atom stereocenters. The number of thiophene rings is 2. The van der Waals surface area contributed by atoms with Gasteiger partial charge in [-0.25, -0.2) is 0 Å². The van der Waals surface area contributed by atoms with Crippen LogP contribution in [-0.2, 0) is 6.42 Å². The van der Waals surface area contributed by atoms with Gasteiger partial charge in [-0.2, -0.15) is 0 Å². The zero-order valence-corrected chi connectivity index (χ0v) is 12.9. The maximum Gasteiger partial charge on any atom is 0.304 e. The summed E-state index contributed by atoms with van der Waals surface area (Å²) in [6, 6.07) is 5.52. The van der Waals surface area contributed by atoms with Gasteiger partial charge in [0.25, 0.3) is 0 Å². The molecular formula is C13H16N2O3S2. The molecule has 0 aromatic carbocycles. The monoisotopic (exact) mass is 312 g/mol. The highest BCUT2D eigenvalue weighted by atomic mass is 32.1. The predicted molar refractivity (Wildman–Crippen MR) is 82.9 cm³/mol. The molecule has 1 N–H and O–H groups in total. The lowest BCUT2D eigenvalue weighted by Gasteiger charge is -2.15. The summed E-state index contributed by atoms with van der Waals surface area (Å²) >= 11 is 2.96. The predicted octanol–water partition coefficient (Wildman–Crippen LogP) is 3.45. The van der Waals surface area contributed by atoms with Crippen molar-refractivity contribution in [2.45, 2.75) is 19.4 Å². The molecule has 0 saturated heterocycles. The molecule has 0 aliphatic rings. The van der Waals surface area contributed by atoms with Crippen molar-refractivity contribution in [3.8, 4) is 0 Å². The molecule has 0 saturated carbocycles. The molecule has 0 aliphatic heterocycles. The fourth-order valence-corrected chi connectivity index (χ4v) is 3.58. The van der Waals surface area contributed by atoms with Crippen LogP contribution in [0.25, 0.3) is 0 Å². The van der Waals surface area contributed by atoms with E-state index in [9.17, 15) is 15.2 Å². The lowest BCUT2D eigenvalue weighted by Crippen LogP contribution is -2.19. The Morgan fingerprint density at radius 3 is 2.85 bits per heavy atom. The summed E-state index contributed by atoms with van der Waals surface area (Å²) < 4.78 is 0. The summed E-state index contributed by atoms with van der Waals surface area (Å²) in [5.74, 6) is 0. The van der Waals surface area contributed by atoms with Crippen LogP contribution in [-0.4, -0.2) is 23.6 Å². The molecule has 2 aromatic heterocycles. The van der Waals surface area contributed by atoms with E-state index in [0.717, 1.165) is 6.42 Å². The van der Waals surface area contributed by atoms with Gasteiger partial charge in [-0.3, -0.25) is 10.1 Å². The lowest BCUT2D eigenvalue weighted by molar-refractivity contribution is -0.383. The largest absolute Gasteiger partial charge is 0.388 e. The van der Waals surface area contributed by atoms with Crippen molar-refractivity contribution in [1.82, 2.24) is 0 Å². The van der Waals surface area contributed by atoms with Crippen LogP contribution in [0, 0.1) is 10.1 Å². The first-order valence-corrected chi connectivity index (χ1v) is 7.88. The Morgan fingerprint density at radius 1 is 1.55 bits per heavy atom. The number of likely N-dealkylation sites (N-methyl/N-ethyl adjacent to an activating group) is 1. The fraction of sp³-hybridized carbons (Fsp3) is 0.385. The first-order valence-electron chi connectivity index (χ1n) is 6.18. The highest BCUT2D eigenvalue weighted by molar-refractivity contribution is 7.16. The summed E-state index contributed by atoms with van der Waals surface area (Å²) in [6.07, 6.45) is 0.172. The van der Waals surface area contributed by atoms with Crippen LogP contribution in [0.3, 0.4) is 0 Å². The van der Waals surface area contributed by atoms with Gasteiger partial charge < -0.3 is 10.0 Å². The standard InChI is InChI=1S/C13H16N2O3S2/c1-9(16)12-8-11(15(17)18)13(20-12)14(2)6-5-10-4-3-7-19-10/h3-4,7-9,16H,5-6H2,1-2H3. The molecule has 0 spiro atoms. The maximum atomic E-state index is 11.1. The van der Waals surface area contributed by atoms with E-state index in [-0.39, 0.29) is 10.6 Å². The third-order valence-electron chi connectivity index (χ3n) is 2.94. The summed E-state index contributed by atoms with van der Waals surface area (Å²) in [4.78, 5) is 14.5. The molecule has 1 atom stereocenters. The van der Waals surface area contributed by atoms with Crippen molar-refractivity contribution in [3.05, 3.63) is 43.4 Å². The minimum atomic E-state index is -0.682. The van der Waals surface area contributed by atoms with Crippen LogP contribution in [0.2, 0.25) is 0 Å². The first kappa shape index (κ1) is 15.0. The van der Waals surface area contributed by atoms with Crippen LogP contribution in [0.4, 0.5) is 10.7 Å². The van der Waals surface area contributed by atoms with Crippen LogP contribution in [0.15, 0.2) is 23.6 Å². The molecule has 0 aliphatic carbocycles. The number of nitrogens with zero attached hydrogens (tertiary/aromatic N) is 2. The van der Waals surface area contributed by atoms with Gasteiger partial charge in [-0.15, -0.1) is 22.7 Å². The topological polar surface area (TPSA) is 66.6 Å². The smallest absolute Gasteiger partial charge is 0.304 e. The van der Waals surface area contributed by atoms with Gasteiger partial charge in [-0.1, -0.05) is 6.07 Å². The Morgan fingerprint density at radius 2 is 2.30 bits per heavy atom. The number of aliphatic hydroxyl groups excluding tert-OH is 1. The number of hydrogen-bond acceptors (Lipinski definition) is 6. The Bertz CT molecular complexity index is 578. The second-order valence-corrected chi connectivity index (χ2v) is 6.62. The van der Waals surface area contributed by atoms with E-state index in [1.807, 2.05) is 23.4 Å². The number of hydrogen-bond donors (Lipinski definition) is 1. The molecule has 108 valence electrons. The minimum Gasteiger partial charge on any atom is -0.388 e. The quantitative estimate of drug-likeness (QED) is 0.655. The van der Waals surface area contributed by atoms with Crippen LogP contribution < -0.4 is 4.90 Å². The van der Waals surface area contributed by atoms with E-state index >= 15 is 0 Å². The van der Waals surface area contributed by atoms with Crippen molar-refractivity contribution in [2.24, 2.45) is 0 Å². The molecule has 0 bridgehead atoms. The lowest BCUT2D eigenvalue weighted by atomic mass is 10.3. The molecule has 0 fully saturated rings. The van der Waals surface area contributed by atoms with E-state index in [2.05, 4.69) is 6.07 Å². The SMILES string of the molecule is CC(O)c1cc([N+](=O)[O-])c(N(C)CCc2cccs2)s1. The summed E-state index contributed by atoms with van der Waals surface area (Å²) in [7, 11) is 1.85. The number of aliphatic hydroxyl groups is 1. The Labute approximate surface area is 125 Å². The Balaban J connectivity index is 2.15. The average molecular weight is 312 g/mol. The Hall–Kier alpha value is -1.44. The summed E-state index contributed by atoms with van der Waals surface area (Å²) in [5.41, 5.74) is 0.0691. The Kier molecular flexibility index (Phi) is 4.74. The second-order valence-electron chi connectivity index (χ2n) is 4.52. The highest BCUT2D eigenvalue weighted by Crippen LogP contribution is 2.39. The number of rotatable bonds is 6. The van der Waals surface area contributed by atoms with Gasteiger partial charge in [-0.05, 0) is 24.8 Å². The van der Waals surface area contributed by atoms with E-state index in [0.29, 0.717) is 16.4 Å². The molecule has 5 nitrogen and oxygen atoms in total. The van der Waals surface area contributed by atoms with Crippen molar-refractivity contribution in [2.75, 3.05) is 18.5 Å². The molecule has 20 heavy (non-hydrogen) atoms. The normalized spacial score (nSPS) is 12.3. The van der Waals surface area contributed by atoms with Crippen LogP contribution in [0.5, 0.6) is 0 Å². The number of nitro groups is 1. The molecule has 2 aromatic rings. The average Bonchev–Trinajstić information content (AvgIpc) is 3.04. The van der Waals surface area contributed by atoms with E-state index in [4.69, 9.17) is 0 Å². The van der Waals surface area contributed by atoms with Gasteiger partial charge in [0.05, 0.1) is 11.0 Å². The molecule has 7 heteroatoms. The van der Waals surface area contributed by atoms with Gasteiger partial charge >= 0.3 is 5.69 Å². The zero-order valence-electron chi connectivity index (χ0n) is 11.3. The first-order chi connectivity index (χ1) is 9.49. The fourth-order valence-electron chi connectivity index (χ4n) is 1.83. The molecule has 0 radical (unpaired) electrons. The minimum absolute atomic E-state index is 0.0691. The highest BCUT2D eigenvalue weighted by Gasteiger charge is 2.23. The van der Waals surface area contributed by atoms with E-state index < -0.39 is 6.10 Å². The molecule has 0 amide bonds. The molecule has 2 rings (SSSR count). The third-order valence-corrected chi connectivity index (χ3v) is 5.29. The van der Waals surface area contributed by atoms with Crippen LogP contribution in [0.1, 0.15) is 22.8 Å². The molecule has 2 heterocycles. The van der Waals surface area contributed by atoms with E-state index in [1.165, 1.54) is 22.3 Å². The molecular weight excluding hydrogens is 296 g/mol. The van der Waals surface area contributed by atoms with Crippen molar-refractivity contribution in [1.29, 1.82) is 0 Å². The maximum absolute atomic E-state index is 11.1. The van der Waals surface area contributed by atoms with Gasteiger partial charge in [0.15, 0.2) is 5.00 Å². The summed E-state index contributed by atoms with van der Waals surface area (Å²) in [5, 5.41) is 23.3. The van der Waals surface area contributed by atoms with Crippen molar-refractivity contribution in [3.63, 3.8) is 0 Å². The van der Waals surface area contributed by atoms with Gasteiger partial charge in [0, 0.05) is 29.4 Å². The van der Waals surface area contributed by atoms with Crippen molar-refractivity contribution >= 4 is 33.4 Å². The zero-order chi connectivity index (χ0) is 14.7. The van der Waals surface area contributed by atoms with Crippen LogP contribution >= 0.6 is 22.7 Å². The second kappa shape index (κ2) is 6.34. The van der Waals surface area contributed by atoms with Gasteiger partial charge in [0.2, 0.25) is 0 Å². The van der Waals surface area contributed by atoms with Crippen molar-refractivity contribution < 1.29 is 10.0 Å².